The van der Waals surface area contributed by atoms with Crippen LogP contribution in [0.2, 0.25) is 0 Å². The minimum absolute atomic E-state index is 0.0599. The lowest BCUT2D eigenvalue weighted by Crippen LogP contribution is -2.43. The average Bonchev–Trinajstić information content (AvgIpc) is 3.00. The van der Waals surface area contributed by atoms with Crippen molar-refractivity contribution in [1.29, 1.82) is 0 Å². The summed E-state index contributed by atoms with van der Waals surface area (Å²) < 4.78 is 27.7. The lowest BCUT2D eigenvalue weighted by Gasteiger charge is -2.31. The van der Waals surface area contributed by atoms with Crippen LogP contribution in [0.15, 0.2) is 11.0 Å². The zero-order valence-corrected chi connectivity index (χ0v) is 17.1. The first-order chi connectivity index (χ1) is 12.6. The van der Waals surface area contributed by atoms with Crippen LogP contribution in [0.5, 0.6) is 0 Å². The number of hydrogen-bond acceptors (Lipinski definition) is 6. The van der Waals surface area contributed by atoms with Crippen LogP contribution >= 0.6 is 0 Å². The van der Waals surface area contributed by atoms with Crippen molar-refractivity contribution in [3.8, 4) is 0 Å². The van der Waals surface area contributed by atoms with E-state index in [0.29, 0.717) is 49.3 Å². The molecule has 0 aromatic carbocycles. The molecule has 150 valence electrons. The molecule has 3 heterocycles. The van der Waals surface area contributed by atoms with E-state index in [1.807, 2.05) is 27.7 Å². The number of aromatic nitrogens is 4. The number of fused-ring (bicyclic) bond motifs is 1. The molecule has 1 saturated heterocycles. The Kier molecular flexibility index (Phi) is 5.31. The lowest BCUT2D eigenvalue weighted by atomic mass is 10.1. The predicted octanol–water partition coefficient (Wildman–Crippen LogP) is 1.49. The van der Waals surface area contributed by atoms with E-state index in [4.69, 9.17) is 0 Å². The van der Waals surface area contributed by atoms with E-state index in [9.17, 15) is 13.2 Å². The van der Waals surface area contributed by atoms with E-state index in [1.54, 1.807) is 8.99 Å². The maximum absolute atomic E-state index is 12.4. The summed E-state index contributed by atoms with van der Waals surface area (Å²) in [7, 11) is -3.16. The number of nitrogens with one attached hydrogen (secondary N) is 2. The van der Waals surface area contributed by atoms with Gasteiger partial charge in [-0.1, -0.05) is 6.92 Å². The number of rotatable bonds is 5. The zero-order valence-electron chi connectivity index (χ0n) is 16.3. The molecule has 3 rings (SSSR count). The molecular formula is C17H28N6O3S. The molecule has 2 N–H and O–H groups in total. The summed E-state index contributed by atoms with van der Waals surface area (Å²) in [5.41, 5.74) is 0.0105. The Hall–Kier alpha value is -1.94. The van der Waals surface area contributed by atoms with Gasteiger partial charge in [0.25, 0.3) is 5.56 Å². The van der Waals surface area contributed by atoms with Crippen molar-refractivity contribution in [3.63, 3.8) is 0 Å². The van der Waals surface area contributed by atoms with Crippen LogP contribution in [-0.2, 0) is 15.6 Å². The Balaban J connectivity index is 1.76. The number of aromatic amines is 1. The van der Waals surface area contributed by atoms with Crippen molar-refractivity contribution in [1.82, 2.24) is 24.1 Å². The van der Waals surface area contributed by atoms with Gasteiger partial charge in [-0.05, 0) is 40.0 Å². The van der Waals surface area contributed by atoms with Gasteiger partial charge in [-0.15, -0.1) is 0 Å². The molecule has 0 aliphatic carbocycles. The van der Waals surface area contributed by atoms with E-state index in [1.165, 1.54) is 6.20 Å². The van der Waals surface area contributed by atoms with Crippen LogP contribution in [-0.4, -0.2) is 57.4 Å². The molecule has 27 heavy (non-hydrogen) atoms. The Morgan fingerprint density at radius 2 is 1.96 bits per heavy atom. The van der Waals surface area contributed by atoms with Gasteiger partial charge >= 0.3 is 0 Å². The molecule has 1 aliphatic heterocycles. The Morgan fingerprint density at radius 3 is 2.56 bits per heavy atom. The van der Waals surface area contributed by atoms with Crippen molar-refractivity contribution >= 4 is 27.0 Å². The summed E-state index contributed by atoms with van der Waals surface area (Å²) >= 11 is 0. The third-order valence-corrected chi connectivity index (χ3v) is 6.80. The number of sulfonamides is 1. The first-order valence-electron chi connectivity index (χ1n) is 9.34. The number of nitrogens with zero attached hydrogens (tertiary/aromatic N) is 4. The van der Waals surface area contributed by atoms with Gasteiger partial charge in [0.15, 0.2) is 5.65 Å². The zero-order chi connectivity index (χ0) is 19.8. The molecule has 9 nitrogen and oxygen atoms in total. The second kappa shape index (κ2) is 7.23. The normalized spacial score (nSPS) is 17.5. The summed E-state index contributed by atoms with van der Waals surface area (Å²) in [4.78, 5) is 19.7. The molecule has 10 heteroatoms. The third kappa shape index (κ3) is 4.16. The fourth-order valence-corrected chi connectivity index (χ4v) is 4.88. The Labute approximate surface area is 159 Å². The van der Waals surface area contributed by atoms with Crippen LogP contribution in [0.1, 0.15) is 47.0 Å². The molecule has 2 aromatic heterocycles. The average molecular weight is 397 g/mol. The second-order valence-corrected chi connectivity index (χ2v) is 10.1. The van der Waals surface area contributed by atoms with Crippen molar-refractivity contribution in [2.45, 2.75) is 58.5 Å². The minimum Gasteiger partial charge on any atom is -0.353 e. The third-order valence-electron chi connectivity index (χ3n) is 4.72. The monoisotopic (exact) mass is 396 g/mol. The number of hydrogen-bond donors (Lipinski definition) is 2. The van der Waals surface area contributed by atoms with E-state index < -0.39 is 10.0 Å². The summed E-state index contributed by atoms with van der Waals surface area (Å²) in [6.45, 7) is 8.83. The highest BCUT2D eigenvalue weighted by atomic mass is 32.2. The van der Waals surface area contributed by atoms with E-state index in [2.05, 4.69) is 20.4 Å². The largest absolute Gasteiger partial charge is 0.353 e. The van der Waals surface area contributed by atoms with Gasteiger partial charge in [0.2, 0.25) is 16.0 Å². The van der Waals surface area contributed by atoms with E-state index in [-0.39, 0.29) is 22.9 Å². The quantitative estimate of drug-likeness (QED) is 0.792. The summed E-state index contributed by atoms with van der Waals surface area (Å²) in [5, 5.41) is 8.01. The molecule has 0 radical (unpaired) electrons. The maximum Gasteiger partial charge on any atom is 0.263 e. The molecule has 0 unspecified atom stereocenters. The fraction of sp³-hybridized carbons (Fsp3) is 0.706. The summed E-state index contributed by atoms with van der Waals surface area (Å²) in [6, 6.07) is 0.0599. The van der Waals surface area contributed by atoms with Gasteiger partial charge < -0.3 is 5.32 Å². The van der Waals surface area contributed by atoms with Crippen molar-refractivity contribution < 1.29 is 8.42 Å². The van der Waals surface area contributed by atoms with Crippen molar-refractivity contribution in [3.05, 3.63) is 16.6 Å². The van der Waals surface area contributed by atoms with Crippen LogP contribution in [0, 0.1) is 0 Å². The summed E-state index contributed by atoms with van der Waals surface area (Å²) in [5.74, 6) is 0.585. The summed E-state index contributed by atoms with van der Waals surface area (Å²) in [6.07, 6.45) is 3.49. The predicted molar refractivity (Wildman–Crippen MR) is 105 cm³/mol. The molecule has 0 spiro atoms. The van der Waals surface area contributed by atoms with Crippen molar-refractivity contribution in [2.24, 2.45) is 0 Å². The molecule has 0 amide bonds. The molecule has 2 aromatic rings. The highest BCUT2D eigenvalue weighted by Gasteiger charge is 2.28. The van der Waals surface area contributed by atoms with Crippen molar-refractivity contribution in [2.75, 3.05) is 24.2 Å². The number of H-pyrrole nitrogens is 1. The highest BCUT2D eigenvalue weighted by Crippen LogP contribution is 2.21. The minimum atomic E-state index is -3.16. The second-order valence-electron chi connectivity index (χ2n) is 8.01. The fourth-order valence-electron chi connectivity index (χ4n) is 3.34. The number of piperidine rings is 1. The van der Waals surface area contributed by atoms with Gasteiger partial charge in [-0.2, -0.15) is 10.1 Å². The topological polar surface area (TPSA) is 113 Å². The van der Waals surface area contributed by atoms with Crippen LogP contribution in [0.25, 0.3) is 11.0 Å². The smallest absolute Gasteiger partial charge is 0.263 e. The molecule has 0 atom stereocenters. The molecule has 0 saturated carbocycles. The SMILES string of the molecule is CCCS(=O)(=O)N1CCC(Nc2nc3c(cnn3C(C)(C)C)c(=O)[nH]2)CC1. The number of anilines is 1. The molecule has 1 aliphatic rings. The van der Waals surface area contributed by atoms with Crippen LogP contribution in [0.3, 0.4) is 0 Å². The van der Waals surface area contributed by atoms with E-state index >= 15 is 0 Å². The van der Waals surface area contributed by atoms with Crippen LogP contribution in [0.4, 0.5) is 5.95 Å². The van der Waals surface area contributed by atoms with Gasteiger partial charge in [-0.25, -0.2) is 17.4 Å². The lowest BCUT2D eigenvalue weighted by molar-refractivity contribution is 0.329. The maximum atomic E-state index is 12.4. The standard InChI is InChI=1S/C17H28N6O3S/c1-5-10-27(25,26)22-8-6-12(7-9-22)19-16-20-14-13(15(24)21-16)11-18-23(14)17(2,3)4/h11-12H,5-10H2,1-4H3,(H2,19,20,21,24). The van der Waals surface area contributed by atoms with Gasteiger partial charge in [0, 0.05) is 19.1 Å². The first-order valence-corrected chi connectivity index (χ1v) is 11.0. The van der Waals surface area contributed by atoms with E-state index in [0.717, 1.165) is 0 Å². The van der Waals surface area contributed by atoms with Gasteiger partial charge in [0.1, 0.15) is 5.39 Å². The Morgan fingerprint density at radius 1 is 1.30 bits per heavy atom. The van der Waals surface area contributed by atoms with Crippen LogP contribution < -0.4 is 10.9 Å². The highest BCUT2D eigenvalue weighted by molar-refractivity contribution is 7.89. The Bertz CT molecular complexity index is 965. The first kappa shape index (κ1) is 19.8. The molecule has 1 fully saturated rings. The molecule has 0 bridgehead atoms. The van der Waals surface area contributed by atoms with Gasteiger partial charge in [0.05, 0.1) is 17.5 Å². The van der Waals surface area contributed by atoms with Gasteiger partial charge in [-0.3, -0.25) is 9.78 Å². The molecular weight excluding hydrogens is 368 g/mol.